The third-order valence-corrected chi connectivity index (χ3v) is 3.07. The molecule has 2 N–H and O–H groups in total. The van der Waals surface area contributed by atoms with Gasteiger partial charge in [-0.3, -0.25) is 4.79 Å². The van der Waals surface area contributed by atoms with E-state index >= 15 is 0 Å². The Hall–Kier alpha value is -0.870. The lowest BCUT2D eigenvalue weighted by atomic mass is 9.97. The summed E-state index contributed by atoms with van der Waals surface area (Å²) < 4.78 is 5.00. The van der Waals surface area contributed by atoms with Gasteiger partial charge in [0, 0.05) is 6.42 Å². The third kappa shape index (κ3) is 3.61. The summed E-state index contributed by atoms with van der Waals surface area (Å²) >= 11 is 0. The summed E-state index contributed by atoms with van der Waals surface area (Å²) in [5.74, 6) is -0.875. The average molecular weight is 228 g/mol. The summed E-state index contributed by atoms with van der Waals surface area (Å²) in [5, 5.41) is 19.4. The van der Waals surface area contributed by atoms with Gasteiger partial charge in [0.15, 0.2) is 0 Å². The number of ether oxygens (including phenoxy) is 1. The fourth-order valence-electron chi connectivity index (χ4n) is 1.71. The normalized spacial score (nSPS) is 34.1. The largest absolute Gasteiger partial charge is 0.465 e. The first kappa shape index (κ1) is 13.2. The maximum Gasteiger partial charge on any atom is 0.311 e. The van der Waals surface area contributed by atoms with Crippen LogP contribution in [-0.4, -0.2) is 35.0 Å². The van der Waals surface area contributed by atoms with Gasteiger partial charge in [0.25, 0.3) is 0 Å². The molecule has 0 saturated carbocycles. The van der Waals surface area contributed by atoms with Gasteiger partial charge in [0.05, 0.1) is 24.7 Å². The van der Waals surface area contributed by atoms with Gasteiger partial charge in [-0.2, -0.15) is 0 Å². The van der Waals surface area contributed by atoms with Crippen LogP contribution in [-0.2, 0) is 9.53 Å². The summed E-state index contributed by atoms with van der Waals surface area (Å²) in [6, 6.07) is 0. The first-order valence-corrected chi connectivity index (χ1v) is 5.72. The van der Waals surface area contributed by atoms with Crippen molar-refractivity contribution in [1.82, 2.24) is 0 Å². The van der Waals surface area contributed by atoms with E-state index in [1.54, 1.807) is 6.92 Å². The van der Waals surface area contributed by atoms with Crippen LogP contribution in [0, 0.1) is 5.92 Å². The lowest BCUT2D eigenvalue weighted by Crippen LogP contribution is -2.27. The van der Waals surface area contributed by atoms with E-state index in [-0.39, 0.29) is 12.6 Å². The van der Waals surface area contributed by atoms with Crippen molar-refractivity contribution in [2.45, 2.75) is 44.8 Å². The molecular formula is C12H20O4. The molecule has 0 unspecified atom stereocenters. The fourth-order valence-corrected chi connectivity index (χ4v) is 1.71. The minimum atomic E-state index is -0.689. The molecule has 16 heavy (non-hydrogen) atoms. The molecule has 1 heterocycles. The zero-order valence-corrected chi connectivity index (χ0v) is 9.69. The Morgan fingerprint density at radius 2 is 2.06 bits per heavy atom. The molecule has 0 amide bonds. The second-order valence-electron chi connectivity index (χ2n) is 4.38. The summed E-state index contributed by atoms with van der Waals surface area (Å²) in [4.78, 5) is 11.5. The Morgan fingerprint density at radius 3 is 2.75 bits per heavy atom. The molecule has 1 fully saturated rings. The molecule has 92 valence electrons. The van der Waals surface area contributed by atoms with Crippen LogP contribution in [0.25, 0.3) is 0 Å². The highest BCUT2D eigenvalue weighted by atomic mass is 16.5. The van der Waals surface area contributed by atoms with Crippen molar-refractivity contribution in [2.75, 3.05) is 6.61 Å². The molecule has 1 aliphatic rings. The van der Waals surface area contributed by atoms with Crippen molar-refractivity contribution in [3.63, 3.8) is 0 Å². The molecule has 1 saturated heterocycles. The Kier molecular flexibility index (Phi) is 4.96. The number of aliphatic hydroxyl groups excluding tert-OH is 2. The highest BCUT2D eigenvalue weighted by Gasteiger charge is 2.24. The van der Waals surface area contributed by atoms with Crippen molar-refractivity contribution < 1.29 is 19.7 Å². The monoisotopic (exact) mass is 228 g/mol. The molecule has 3 atom stereocenters. The topological polar surface area (TPSA) is 66.8 Å². The highest BCUT2D eigenvalue weighted by Crippen LogP contribution is 2.18. The van der Waals surface area contributed by atoms with Crippen molar-refractivity contribution in [3.8, 4) is 0 Å². The van der Waals surface area contributed by atoms with Crippen LogP contribution in [0.4, 0.5) is 0 Å². The first-order chi connectivity index (χ1) is 7.52. The predicted octanol–water partition coefficient (Wildman–Crippen LogP) is 1.02. The van der Waals surface area contributed by atoms with Gasteiger partial charge in [0.2, 0.25) is 0 Å². The van der Waals surface area contributed by atoms with Gasteiger partial charge in [-0.1, -0.05) is 6.58 Å². The molecule has 1 rings (SSSR count). The van der Waals surface area contributed by atoms with Gasteiger partial charge in [0.1, 0.15) is 0 Å². The molecule has 0 radical (unpaired) electrons. The van der Waals surface area contributed by atoms with Crippen LogP contribution in [0.15, 0.2) is 12.2 Å². The summed E-state index contributed by atoms with van der Waals surface area (Å²) in [5.41, 5.74) is 0.692. The van der Waals surface area contributed by atoms with E-state index in [0.717, 1.165) is 0 Å². The first-order valence-electron chi connectivity index (χ1n) is 5.72. The number of carbonyl (C=O) groups is 1. The molecule has 4 heteroatoms. The van der Waals surface area contributed by atoms with E-state index in [4.69, 9.17) is 4.74 Å². The van der Waals surface area contributed by atoms with E-state index in [1.165, 1.54) is 0 Å². The lowest BCUT2D eigenvalue weighted by Gasteiger charge is -2.16. The maximum absolute atomic E-state index is 11.5. The third-order valence-electron chi connectivity index (χ3n) is 3.07. The Balaban J connectivity index is 2.61. The molecule has 4 nitrogen and oxygen atoms in total. The van der Waals surface area contributed by atoms with E-state index in [0.29, 0.717) is 31.3 Å². The van der Waals surface area contributed by atoms with E-state index in [1.807, 2.05) is 0 Å². The van der Waals surface area contributed by atoms with E-state index < -0.39 is 18.1 Å². The Morgan fingerprint density at radius 1 is 1.38 bits per heavy atom. The average Bonchev–Trinajstić information content (AvgIpc) is 2.27. The molecule has 1 aliphatic heterocycles. The van der Waals surface area contributed by atoms with Crippen LogP contribution >= 0.6 is 0 Å². The molecule has 0 aromatic heterocycles. The molecule has 0 aromatic rings. The molecule has 0 spiro atoms. The van der Waals surface area contributed by atoms with Crippen molar-refractivity contribution in [3.05, 3.63) is 12.2 Å². The van der Waals surface area contributed by atoms with Crippen LogP contribution in [0.5, 0.6) is 0 Å². The number of hydrogen-bond donors (Lipinski definition) is 2. The number of rotatable bonds is 0. The number of aliphatic hydroxyl groups is 2. The standard InChI is InChI=1S/C12H20O4/c1-8-6-7-16-12(15)9(2)11(14)5-3-4-10(8)13/h9-11,13-14H,1,3-7H2,2H3/t9-,10-,11+/m1/s1. The number of hydrogen-bond acceptors (Lipinski definition) is 4. The minimum Gasteiger partial charge on any atom is -0.465 e. The van der Waals surface area contributed by atoms with Gasteiger partial charge in [-0.05, 0) is 31.8 Å². The minimum absolute atomic E-state index is 0.228. The maximum atomic E-state index is 11.5. The van der Waals surface area contributed by atoms with Gasteiger partial charge in [-0.15, -0.1) is 0 Å². The number of cyclic esters (lactones) is 1. The second kappa shape index (κ2) is 6.01. The van der Waals surface area contributed by atoms with Gasteiger partial charge in [-0.25, -0.2) is 0 Å². The lowest BCUT2D eigenvalue weighted by molar-refractivity contribution is -0.151. The zero-order chi connectivity index (χ0) is 12.1. The highest BCUT2D eigenvalue weighted by molar-refractivity contribution is 5.72. The van der Waals surface area contributed by atoms with Crippen LogP contribution in [0.2, 0.25) is 0 Å². The van der Waals surface area contributed by atoms with E-state index in [9.17, 15) is 15.0 Å². The Bertz CT molecular complexity index is 262. The predicted molar refractivity (Wildman–Crippen MR) is 59.7 cm³/mol. The smallest absolute Gasteiger partial charge is 0.311 e. The molecule has 0 aromatic carbocycles. The van der Waals surface area contributed by atoms with Crippen LogP contribution < -0.4 is 0 Å². The van der Waals surface area contributed by atoms with Crippen molar-refractivity contribution in [1.29, 1.82) is 0 Å². The fraction of sp³-hybridized carbons (Fsp3) is 0.750. The number of carbonyl (C=O) groups excluding carboxylic acids is 1. The SMILES string of the molecule is C=C1CCOC(=O)[C@H](C)[C@@H](O)CCC[C@H]1O. The van der Waals surface area contributed by atoms with Gasteiger partial charge < -0.3 is 14.9 Å². The quantitative estimate of drug-likeness (QED) is 0.480. The molecule has 0 bridgehead atoms. The van der Waals surface area contributed by atoms with Gasteiger partial charge >= 0.3 is 5.97 Å². The molecule has 0 aliphatic carbocycles. The van der Waals surface area contributed by atoms with Crippen LogP contribution in [0.1, 0.15) is 32.6 Å². The van der Waals surface area contributed by atoms with Crippen molar-refractivity contribution >= 4 is 5.97 Å². The second-order valence-corrected chi connectivity index (χ2v) is 4.38. The van der Waals surface area contributed by atoms with Crippen molar-refractivity contribution in [2.24, 2.45) is 5.92 Å². The summed E-state index contributed by atoms with van der Waals surface area (Å²) in [6.07, 6.45) is 0.997. The Labute approximate surface area is 95.9 Å². The summed E-state index contributed by atoms with van der Waals surface area (Å²) in [7, 11) is 0. The molecular weight excluding hydrogens is 208 g/mol. The summed E-state index contributed by atoms with van der Waals surface area (Å²) in [6.45, 7) is 5.65. The van der Waals surface area contributed by atoms with E-state index in [2.05, 4.69) is 6.58 Å². The zero-order valence-electron chi connectivity index (χ0n) is 9.69. The number of esters is 1. The van der Waals surface area contributed by atoms with Crippen LogP contribution in [0.3, 0.4) is 0 Å².